The molecule has 0 aromatic heterocycles. The predicted octanol–water partition coefficient (Wildman–Crippen LogP) is 3.74. The third-order valence-electron chi connectivity index (χ3n) is 3.37. The van der Waals surface area contributed by atoms with Gasteiger partial charge in [0.05, 0.1) is 12.2 Å². The minimum atomic E-state index is -0.925. The molecule has 22 heavy (non-hydrogen) atoms. The Morgan fingerprint density at radius 2 is 1.95 bits per heavy atom. The van der Waals surface area contributed by atoms with Gasteiger partial charge in [-0.05, 0) is 62.9 Å². The molecule has 0 saturated carbocycles. The zero-order valence-corrected chi connectivity index (χ0v) is 13.4. The molecule has 1 aromatic carbocycles. The summed E-state index contributed by atoms with van der Waals surface area (Å²) in [5.41, 5.74) is 3.28. The zero-order valence-electron chi connectivity index (χ0n) is 13.4. The van der Waals surface area contributed by atoms with Gasteiger partial charge in [-0.25, -0.2) is 4.79 Å². The molecule has 4 nitrogen and oxygen atoms in total. The molecule has 4 heteroatoms. The first-order valence-electron chi connectivity index (χ1n) is 7.33. The lowest BCUT2D eigenvalue weighted by Crippen LogP contribution is -2.02. The Morgan fingerprint density at radius 3 is 2.55 bits per heavy atom. The van der Waals surface area contributed by atoms with Crippen molar-refractivity contribution >= 4 is 5.97 Å². The summed E-state index contributed by atoms with van der Waals surface area (Å²) in [6.07, 6.45) is 5.76. The normalized spacial score (nSPS) is 12.4. The number of ether oxygens (including phenoxy) is 1. The molecule has 0 bridgehead atoms. The van der Waals surface area contributed by atoms with Crippen LogP contribution in [0.5, 0.6) is 5.75 Å². The van der Waals surface area contributed by atoms with Crippen molar-refractivity contribution < 1.29 is 19.7 Å². The van der Waals surface area contributed by atoms with Gasteiger partial charge in [-0.2, -0.15) is 0 Å². The third kappa shape index (κ3) is 6.14. The van der Waals surface area contributed by atoms with Crippen LogP contribution in [0, 0.1) is 6.92 Å². The lowest BCUT2D eigenvalue weighted by molar-refractivity contribution is 0.0696. The minimum absolute atomic E-state index is 0.0866. The van der Waals surface area contributed by atoms with Crippen molar-refractivity contribution in [2.75, 3.05) is 13.2 Å². The van der Waals surface area contributed by atoms with E-state index in [9.17, 15) is 4.79 Å². The topological polar surface area (TPSA) is 66.8 Å². The Morgan fingerprint density at radius 1 is 1.23 bits per heavy atom. The van der Waals surface area contributed by atoms with Crippen molar-refractivity contribution in [3.8, 4) is 5.75 Å². The van der Waals surface area contributed by atoms with E-state index in [0.717, 1.165) is 18.4 Å². The van der Waals surface area contributed by atoms with E-state index in [2.05, 4.69) is 6.08 Å². The van der Waals surface area contributed by atoms with Crippen molar-refractivity contribution in [1.82, 2.24) is 0 Å². The van der Waals surface area contributed by atoms with Crippen LogP contribution in [0.25, 0.3) is 0 Å². The molecule has 0 atom stereocenters. The van der Waals surface area contributed by atoms with E-state index in [-0.39, 0.29) is 6.61 Å². The second-order valence-electron chi connectivity index (χ2n) is 5.39. The van der Waals surface area contributed by atoms with Crippen LogP contribution in [0.3, 0.4) is 0 Å². The molecule has 0 aliphatic carbocycles. The lowest BCUT2D eigenvalue weighted by atomic mass is 10.1. The molecular weight excluding hydrogens is 280 g/mol. The van der Waals surface area contributed by atoms with Crippen molar-refractivity contribution in [2.45, 2.75) is 33.6 Å². The number of aryl methyl sites for hydroxylation is 1. The fourth-order valence-corrected chi connectivity index (χ4v) is 2.03. The Bertz CT molecular complexity index is 570. The van der Waals surface area contributed by atoms with E-state index in [1.54, 1.807) is 25.1 Å². The predicted molar refractivity (Wildman–Crippen MR) is 87.5 cm³/mol. The summed E-state index contributed by atoms with van der Waals surface area (Å²) >= 11 is 0. The molecule has 0 amide bonds. The molecular formula is C18H24O4. The average Bonchev–Trinajstić information content (AvgIpc) is 2.45. The van der Waals surface area contributed by atoms with Gasteiger partial charge in [0, 0.05) is 0 Å². The van der Waals surface area contributed by atoms with Gasteiger partial charge >= 0.3 is 5.97 Å². The van der Waals surface area contributed by atoms with E-state index in [1.165, 1.54) is 5.57 Å². The molecule has 0 aliphatic rings. The van der Waals surface area contributed by atoms with Gasteiger partial charge in [0.25, 0.3) is 0 Å². The van der Waals surface area contributed by atoms with Crippen LogP contribution in [-0.4, -0.2) is 29.4 Å². The van der Waals surface area contributed by atoms with Crippen LogP contribution in [0.15, 0.2) is 41.5 Å². The number of carboxylic acid groups (broad SMARTS) is 1. The number of aliphatic hydroxyl groups excluding tert-OH is 1. The summed E-state index contributed by atoms with van der Waals surface area (Å²) in [5, 5.41) is 17.8. The first-order valence-corrected chi connectivity index (χ1v) is 7.33. The van der Waals surface area contributed by atoms with Crippen molar-refractivity contribution in [3.05, 3.63) is 52.6 Å². The largest absolute Gasteiger partial charge is 0.489 e. The molecule has 0 radical (unpaired) electrons. The number of aliphatic hydroxyl groups is 1. The lowest BCUT2D eigenvalue weighted by Gasteiger charge is -2.09. The van der Waals surface area contributed by atoms with Crippen molar-refractivity contribution in [1.29, 1.82) is 0 Å². The maximum atomic E-state index is 10.9. The second-order valence-corrected chi connectivity index (χ2v) is 5.39. The second kappa shape index (κ2) is 9.05. The Hall–Kier alpha value is -2.07. The number of carbonyl (C=O) groups is 1. The standard InChI is InChI=1S/C18H24O4/c1-13(9-10-19)5-4-6-14(2)12-22-16-7-8-17(18(20)21)15(3)11-16/h6-9,11,19H,4-5,10,12H2,1-3H3,(H,20,21)/b13-9+,14-6+. The molecule has 1 rings (SSSR count). The summed E-state index contributed by atoms with van der Waals surface area (Å²) in [6, 6.07) is 4.98. The quantitative estimate of drug-likeness (QED) is 0.718. The van der Waals surface area contributed by atoms with E-state index < -0.39 is 5.97 Å². The van der Waals surface area contributed by atoms with Gasteiger partial charge in [-0.15, -0.1) is 0 Å². The van der Waals surface area contributed by atoms with Gasteiger partial charge in [0.2, 0.25) is 0 Å². The van der Waals surface area contributed by atoms with Crippen molar-refractivity contribution in [2.24, 2.45) is 0 Å². The number of hydrogen-bond acceptors (Lipinski definition) is 3. The Kier molecular flexibility index (Phi) is 7.40. The summed E-state index contributed by atoms with van der Waals surface area (Å²) in [6.45, 7) is 6.33. The third-order valence-corrected chi connectivity index (χ3v) is 3.37. The molecule has 0 heterocycles. The summed E-state index contributed by atoms with van der Waals surface area (Å²) < 4.78 is 5.67. The molecule has 120 valence electrons. The fraction of sp³-hybridized carbons (Fsp3) is 0.389. The summed E-state index contributed by atoms with van der Waals surface area (Å²) in [7, 11) is 0. The monoisotopic (exact) mass is 304 g/mol. The van der Waals surface area contributed by atoms with Crippen LogP contribution in [0.4, 0.5) is 0 Å². The number of carboxylic acids is 1. The highest BCUT2D eigenvalue weighted by molar-refractivity contribution is 5.89. The molecule has 0 saturated heterocycles. The Labute approximate surface area is 131 Å². The Balaban J connectivity index is 2.50. The maximum absolute atomic E-state index is 10.9. The van der Waals surface area contributed by atoms with E-state index in [1.807, 2.05) is 19.9 Å². The van der Waals surface area contributed by atoms with Crippen LogP contribution < -0.4 is 4.74 Å². The molecule has 2 N–H and O–H groups in total. The molecule has 0 unspecified atom stereocenters. The van der Waals surface area contributed by atoms with Gasteiger partial charge < -0.3 is 14.9 Å². The average molecular weight is 304 g/mol. The number of rotatable bonds is 8. The van der Waals surface area contributed by atoms with Crippen LogP contribution >= 0.6 is 0 Å². The number of allylic oxidation sites excluding steroid dienone is 2. The highest BCUT2D eigenvalue weighted by Gasteiger charge is 2.07. The SMILES string of the molecule is C/C(=C\CO)CC/C=C(\C)COc1ccc(C(=O)O)c(C)c1. The molecule has 0 spiro atoms. The van der Waals surface area contributed by atoms with E-state index in [0.29, 0.717) is 23.5 Å². The number of hydrogen-bond donors (Lipinski definition) is 2. The van der Waals surface area contributed by atoms with Crippen LogP contribution in [0.2, 0.25) is 0 Å². The minimum Gasteiger partial charge on any atom is -0.489 e. The molecule has 0 fully saturated rings. The van der Waals surface area contributed by atoms with Crippen LogP contribution in [-0.2, 0) is 0 Å². The zero-order chi connectivity index (χ0) is 16.5. The fourth-order valence-electron chi connectivity index (χ4n) is 2.03. The first kappa shape index (κ1) is 18.0. The van der Waals surface area contributed by atoms with Gasteiger partial charge in [-0.1, -0.05) is 17.7 Å². The number of benzene rings is 1. The smallest absolute Gasteiger partial charge is 0.335 e. The highest BCUT2D eigenvalue weighted by atomic mass is 16.5. The van der Waals surface area contributed by atoms with Gasteiger partial charge in [0.15, 0.2) is 0 Å². The van der Waals surface area contributed by atoms with Gasteiger partial charge in [-0.3, -0.25) is 0 Å². The molecule has 0 aliphatic heterocycles. The van der Waals surface area contributed by atoms with E-state index >= 15 is 0 Å². The highest BCUT2D eigenvalue weighted by Crippen LogP contribution is 2.18. The molecule has 1 aromatic rings. The maximum Gasteiger partial charge on any atom is 0.335 e. The first-order chi connectivity index (χ1) is 10.4. The van der Waals surface area contributed by atoms with Crippen LogP contribution in [0.1, 0.15) is 42.6 Å². The summed E-state index contributed by atoms with van der Waals surface area (Å²) in [5.74, 6) is -0.252. The van der Waals surface area contributed by atoms with E-state index in [4.69, 9.17) is 14.9 Å². The number of aromatic carboxylic acids is 1. The van der Waals surface area contributed by atoms with Gasteiger partial charge in [0.1, 0.15) is 12.4 Å². The summed E-state index contributed by atoms with van der Waals surface area (Å²) in [4.78, 5) is 10.9. The van der Waals surface area contributed by atoms with Crippen molar-refractivity contribution in [3.63, 3.8) is 0 Å².